The number of H-pyrrole nitrogens is 1. The van der Waals surface area contributed by atoms with Gasteiger partial charge in [-0.3, -0.25) is 33.6 Å². The summed E-state index contributed by atoms with van der Waals surface area (Å²) in [5, 5.41) is 76.2. The van der Waals surface area contributed by atoms with Crippen LogP contribution in [0.15, 0.2) is 29.3 Å². The van der Waals surface area contributed by atoms with Crippen molar-refractivity contribution < 1.29 is 72.6 Å². The lowest BCUT2D eigenvalue weighted by Crippen LogP contribution is -2.62. The average molecular weight is 869 g/mol. The van der Waals surface area contributed by atoms with Gasteiger partial charge in [0.2, 0.25) is 41.4 Å². The number of amides is 7. The summed E-state index contributed by atoms with van der Waals surface area (Å²) in [5.74, 6) is -8.04. The number of rotatable bonds is 8. The first-order valence-corrected chi connectivity index (χ1v) is 20.7. The van der Waals surface area contributed by atoms with Crippen LogP contribution in [0, 0.1) is 0 Å². The second-order valence-corrected chi connectivity index (χ2v) is 17.3. The van der Waals surface area contributed by atoms with E-state index in [0.717, 1.165) is 34.0 Å². The van der Waals surface area contributed by atoms with Crippen molar-refractivity contribution in [3.05, 3.63) is 29.8 Å². The van der Waals surface area contributed by atoms with Crippen molar-refractivity contribution in [2.24, 2.45) is 0 Å². The Balaban J connectivity index is 1.83. The molecule has 1 aromatic heterocycles. The molecule has 0 saturated carbocycles. The molecular weight excluding hydrogens is 817 g/mol. The number of carbonyl (C=O) groups is 7. The van der Waals surface area contributed by atoms with Crippen LogP contribution in [0.2, 0.25) is 0 Å². The van der Waals surface area contributed by atoms with Crippen LogP contribution in [0.1, 0.15) is 39.7 Å². The van der Waals surface area contributed by atoms with Gasteiger partial charge in [0.05, 0.1) is 37.6 Å². The van der Waals surface area contributed by atoms with Crippen LogP contribution in [-0.2, 0) is 49.8 Å². The van der Waals surface area contributed by atoms with Gasteiger partial charge in [-0.15, -0.1) is 0 Å². The zero-order valence-corrected chi connectivity index (χ0v) is 34.1. The minimum absolute atomic E-state index is 0.0379. The normalized spacial score (nSPS) is 29.8. The van der Waals surface area contributed by atoms with Gasteiger partial charge >= 0.3 is 0 Å². The van der Waals surface area contributed by atoms with Gasteiger partial charge < -0.3 is 72.4 Å². The van der Waals surface area contributed by atoms with Gasteiger partial charge in [0.15, 0.2) is 9.84 Å². The second-order valence-electron chi connectivity index (χ2n) is 15.4. The number of fused-ring (bicyclic) bond motifs is 2. The topological polar surface area (TPSA) is 366 Å². The molecule has 23 nitrogen and oxygen atoms in total. The van der Waals surface area contributed by atoms with E-state index in [1.54, 1.807) is 24.3 Å². The van der Waals surface area contributed by atoms with Gasteiger partial charge in [-0.05, 0) is 39.3 Å². The summed E-state index contributed by atoms with van der Waals surface area (Å²) >= 11 is 0. The lowest BCUT2D eigenvalue weighted by Gasteiger charge is -2.30. The van der Waals surface area contributed by atoms with Crippen LogP contribution in [-0.4, -0.2) is 183 Å². The third-order valence-corrected chi connectivity index (χ3v) is 11.2. The lowest BCUT2D eigenvalue weighted by atomic mass is 9.96. The Kier molecular flexibility index (Phi) is 15.0. The molecule has 0 bridgehead atoms. The number of para-hydroxylation sites is 1. The van der Waals surface area contributed by atoms with Crippen molar-refractivity contribution in [1.29, 1.82) is 0 Å². The third-order valence-electron chi connectivity index (χ3n) is 10.2. The number of carbonyl (C=O) groups excluding carboxylic acids is 7. The minimum atomic E-state index is -4.02. The van der Waals surface area contributed by atoms with E-state index in [1.165, 1.54) is 0 Å². The number of hydrogen-bond acceptors (Lipinski definition) is 15. The van der Waals surface area contributed by atoms with E-state index in [1.807, 2.05) is 0 Å². The van der Waals surface area contributed by atoms with Crippen LogP contribution in [0.5, 0.6) is 0 Å². The van der Waals surface area contributed by atoms with E-state index in [0.29, 0.717) is 15.8 Å². The summed E-state index contributed by atoms with van der Waals surface area (Å²) in [6, 6.07) is -5.94. The highest BCUT2D eigenvalue weighted by molar-refractivity contribution is 7.90. The van der Waals surface area contributed by atoms with Crippen molar-refractivity contribution in [2.75, 3.05) is 26.0 Å². The van der Waals surface area contributed by atoms with E-state index < -0.39 is 150 Å². The van der Waals surface area contributed by atoms with E-state index >= 15 is 0 Å². The predicted octanol–water partition coefficient (Wildman–Crippen LogP) is -6.48. The molecule has 4 rings (SSSR count). The van der Waals surface area contributed by atoms with Crippen LogP contribution < -0.4 is 31.9 Å². The Morgan fingerprint density at radius 3 is 1.93 bits per heavy atom. The van der Waals surface area contributed by atoms with Crippen molar-refractivity contribution in [2.45, 2.75) is 112 Å². The molecule has 0 radical (unpaired) electrons. The van der Waals surface area contributed by atoms with Gasteiger partial charge in [-0.2, -0.15) is 0 Å². The number of aromatic amines is 1. The van der Waals surface area contributed by atoms with Crippen molar-refractivity contribution in [1.82, 2.24) is 41.8 Å². The molecule has 2 fully saturated rings. The molecule has 2 saturated heterocycles. The summed E-state index contributed by atoms with van der Waals surface area (Å²) < 4.78 is 25.9. The smallest absolute Gasteiger partial charge is 0.248 e. The van der Waals surface area contributed by atoms with Gasteiger partial charge in [0.1, 0.15) is 53.4 Å². The van der Waals surface area contributed by atoms with Gasteiger partial charge in [0.25, 0.3) is 0 Å². The lowest BCUT2D eigenvalue weighted by molar-refractivity contribution is -0.145. The fourth-order valence-electron chi connectivity index (χ4n) is 6.81. The number of aliphatic hydroxyl groups is 6. The Bertz CT molecular complexity index is 2090. The molecule has 7 amide bonds. The quantitative estimate of drug-likeness (QED) is 0.117. The number of aromatic nitrogens is 1. The fraction of sp³-hybridized carbons (Fsp3) is 0.583. The largest absolute Gasteiger partial charge is 0.394 e. The molecule has 0 spiro atoms. The first kappa shape index (κ1) is 47.4. The zero-order valence-electron chi connectivity index (χ0n) is 33.3. The van der Waals surface area contributed by atoms with Crippen LogP contribution >= 0.6 is 0 Å². The maximum Gasteiger partial charge on any atom is 0.248 e. The molecule has 2 aromatic rings. The average Bonchev–Trinajstić information content (AvgIpc) is 3.70. The Hall–Kier alpha value is -5.24. The number of nitrogens with one attached hydrogen (secondary N) is 7. The fourth-order valence-corrected chi connectivity index (χ4v) is 7.74. The number of aliphatic hydroxyl groups excluding tert-OH is 5. The molecule has 60 heavy (non-hydrogen) atoms. The van der Waals surface area contributed by atoms with Crippen LogP contribution in [0.4, 0.5) is 0 Å². The second kappa shape index (κ2) is 19.0. The number of benzene rings is 1. The highest BCUT2D eigenvalue weighted by Gasteiger charge is 2.49. The van der Waals surface area contributed by atoms with E-state index in [9.17, 15) is 72.6 Å². The molecule has 1 aromatic carbocycles. The highest BCUT2D eigenvalue weighted by Crippen LogP contribution is 2.28. The van der Waals surface area contributed by atoms with E-state index in [2.05, 4.69) is 36.9 Å². The summed E-state index contributed by atoms with van der Waals surface area (Å²) in [6.07, 6.45) is -5.66. The zero-order chi connectivity index (χ0) is 45.0. The molecule has 13 N–H and O–H groups in total. The van der Waals surface area contributed by atoms with Crippen molar-refractivity contribution >= 4 is 62.1 Å². The predicted molar refractivity (Wildman–Crippen MR) is 207 cm³/mol. The molecule has 11 unspecified atom stereocenters. The van der Waals surface area contributed by atoms with Gasteiger partial charge in [0, 0.05) is 30.0 Å². The third kappa shape index (κ3) is 10.9. The van der Waals surface area contributed by atoms with Crippen molar-refractivity contribution in [3.8, 4) is 0 Å². The standard InChI is InChI=1S/C36H52N8O15S/c1-15-28(50)39-21(10-19-18-8-6-7-9-20(18)42-34(19)60(5,58)59)30(52)40-22(11-36(4,57)14-46)31(53)37-16(2)29(51)43-25(17(3)47)32(54)41-23(13-45)35(56)44-12-24(48)27(49)26(44)33(55)38-15/h6-9,15-17,21-27,42,45-49,57H,10-14H2,1-5H3,(H,37,53)(H,38,55)(H,39,50)(H,40,52)(H,41,54)(H,43,51). The van der Waals surface area contributed by atoms with E-state index in [-0.39, 0.29) is 10.6 Å². The molecular formula is C36H52N8O15S. The minimum Gasteiger partial charge on any atom is -0.394 e. The van der Waals surface area contributed by atoms with Crippen molar-refractivity contribution in [3.63, 3.8) is 0 Å². The monoisotopic (exact) mass is 868 g/mol. The summed E-state index contributed by atoms with van der Waals surface area (Å²) in [4.78, 5) is 99.2. The number of sulfone groups is 1. The van der Waals surface area contributed by atoms with Gasteiger partial charge in [-0.25, -0.2) is 8.42 Å². The maximum atomic E-state index is 14.2. The molecule has 11 atom stereocenters. The first-order chi connectivity index (χ1) is 27.9. The molecule has 2 aliphatic heterocycles. The summed E-state index contributed by atoms with van der Waals surface area (Å²) in [7, 11) is -4.02. The van der Waals surface area contributed by atoms with Crippen LogP contribution in [0.25, 0.3) is 10.9 Å². The summed E-state index contributed by atoms with van der Waals surface area (Å²) in [5.41, 5.74) is -1.65. The summed E-state index contributed by atoms with van der Waals surface area (Å²) in [6.45, 7) is 1.84. The molecule has 2 aliphatic rings. The number of hydrogen-bond donors (Lipinski definition) is 13. The highest BCUT2D eigenvalue weighted by atomic mass is 32.2. The SMILES string of the molecule is CC1NC(=O)C(CC(C)(O)CO)NC(=O)C(Cc2c(S(C)(=O)=O)[nH]c3ccccc23)NC(=O)C(C)NC(=O)C2C(O)C(O)CN2C(=O)C(CO)NC(=O)C(C(C)O)NC1=O. The Morgan fingerprint density at radius 1 is 0.800 bits per heavy atom. The molecule has 24 heteroatoms. The van der Waals surface area contributed by atoms with Crippen LogP contribution in [0.3, 0.4) is 0 Å². The molecule has 332 valence electrons. The number of nitrogens with zero attached hydrogens (tertiary/aromatic N) is 1. The Morgan fingerprint density at radius 2 is 1.35 bits per heavy atom. The molecule has 3 heterocycles. The molecule has 0 aliphatic carbocycles. The first-order valence-electron chi connectivity index (χ1n) is 18.8. The van der Waals surface area contributed by atoms with E-state index in [4.69, 9.17) is 0 Å². The van der Waals surface area contributed by atoms with Gasteiger partial charge in [-0.1, -0.05) is 18.2 Å². The maximum absolute atomic E-state index is 14.2. The Labute approximate surface area is 343 Å².